The lowest BCUT2D eigenvalue weighted by Gasteiger charge is -2.12. The monoisotopic (exact) mass is 380 g/mol. The minimum Gasteiger partial charge on any atom is -0.468 e. The van der Waals surface area contributed by atoms with Crippen molar-refractivity contribution >= 4 is 23.5 Å². The summed E-state index contributed by atoms with van der Waals surface area (Å²) in [5, 5.41) is 4.58. The number of carbonyl (C=O) groups excluding carboxylic acids is 2. The van der Waals surface area contributed by atoms with E-state index in [-0.39, 0.29) is 25.2 Å². The maximum Gasteiger partial charge on any atom is 0.344 e. The van der Waals surface area contributed by atoms with Gasteiger partial charge in [-0.3, -0.25) is 9.78 Å². The van der Waals surface area contributed by atoms with Gasteiger partial charge in [-0.25, -0.2) is 9.48 Å². The van der Waals surface area contributed by atoms with Crippen molar-refractivity contribution in [2.45, 2.75) is 12.8 Å². The van der Waals surface area contributed by atoms with Gasteiger partial charge in [-0.1, -0.05) is 11.6 Å². The largest absolute Gasteiger partial charge is 0.468 e. The van der Waals surface area contributed by atoms with Crippen LogP contribution in [0.15, 0.2) is 18.3 Å². The van der Waals surface area contributed by atoms with Crippen LogP contribution in [0, 0.1) is 5.41 Å². The average Bonchev–Trinajstić information content (AvgIpc) is 3.35. The van der Waals surface area contributed by atoms with Gasteiger partial charge >= 0.3 is 17.9 Å². The van der Waals surface area contributed by atoms with Gasteiger partial charge in [-0.05, 0) is 25.0 Å². The third-order valence-electron chi connectivity index (χ3n) is 4.00. The minimum atomic E-state index is -0.693. The van der Waals surface area contributed by atoms with Gasteiger partial charge in [-0.2, -0.15) is 4.98 Å². The van der Waals surface area contributed by atoms with Gasteiger partial charge in [0, 0.05) is 13.2 Å². The van der Waals surface area contributed by atoms with Crippen molar-refractivity contribution in [2.24, 2.45) is 12.5 Å². The molecule has 0 aromatic carbocycles. The number of hydrogen-bond donors (Lipinski definition) is 0. The van der Waals surface area contributed by atoms with Gasteiger partial charge in [0.2, 0.25) is 0 Å². The van der Waals surface area contributed by atoms with Gasteiger partial charge in [-0.15, -0.1) is 5.10 Å². The van der Waals surface area contributed by atoms with E-state index in [0.717, 1.165) is 0 Å². The lowest BCUT2D eigenvalue weighted by Crippen LogP contribution is -2.26. The molecule has 0 spiro atoms. The summed E-state index contributed by atoms with van der Waals surface area (Å²) in [5.41, 5.74) is -0.128. The molecule has 9 nitrogen and oxygen atoms in total. The Bertz CT molecular complexity index is 817. The number of rotatable bonds is 7. The number of halogens is 1. The number of esters is 2. The molecule has 3 rings (SSSR count). The third kappa shape index (κ3) is 3.93. The number of carbonyl (C=O) groups is 2. The van der Waals surface area contributed by atoms with Crippen LogP contribution >= 0.6 is 11.6 Å². The zero-order valence-electron chi connectivity index (χ0n) is 14.3. The Morgan fingerprint density at radius 3 is 2.73 bits per heavy atom. The van der Waals surface area contributed by atoms with Crippen molar-refractivity contribution in [3.8, 4) is 17.5 Å². The topological polar surface area (TPSA) is 105 Å². The summed E-state index contributed by atoms with van der Waals surface area (Å²) >= 11 is 5.81. The fraction of sp³-hybridized carbons (Fsp3) is 0.438. The Morgan fingerprint density at radius 1 is 1.35 bits per heavy atom. The summed E-state index contributed by atoms with van der Waals surface area (Å²) in [4.78, 5) is 31.8. The van der Waals surface area contributed by atoms with Gasteiger partial charge in [0.25, 0.3) is 0 Å². The maximum atomic E-state index is 11.8. The smallest absolute Gasteiger partial charge is 0.344 e. The first-order valence-corrected chi connectivity index (χ1v) is 8.21. The van der Waals surface area contributed by atoms with E-state index in [4.69, 9.17) is 25.8 Å². The van der Waals surface area contributed by atoms with Crippen molar-refractivity contribution < 1.29 is 23.8 Å². The minimum absolute atomic E-state index is 0.0164. The molecule has 0 aliphatic heterocycles. The van der Waals surface area contributed by atoms with Gasteiger partial charge < -0.3 is 14.2 Å². The van der Waals surface area contributed by atoms with Gasteiger partial charge in [0.15, 0.2) is 12.4 Å². The molecule has 0 radical (unpaired) electrons. The van der Waals surface area contributed by atoms with Crippen LogP contribution in [-0.2, 0) is 26.1 Å². The lowest BCUT2D eigenvalue weighted by atomic mass is 10.1. The summed E-state index contributed by atoms with van der Waals surface area (Å²) in [6.45, 7) is -0.383. The molecule has 2 aromatic heterocycles. The van der Waals surface area contributed by atoms with Crippen LogP contribution in [0.5, 0.6) is 6.01 Å². The number of aromatic nitrogens is 4. The van der Waals surface area contributed by atoms with Crippen LogP contribution in [-0.4, -0.2) is 52.0 Å². The van der Waals surface area contributed by atoms with E-state index in [1.54, 1.807) is 19.2 Å². The number of pyridine rings is 1. The van der Waals surface area contributed by atoms with E-state index < -0.39 is 11.4 Å². The first-order chi connectivity index (χ1) is 12.4. The van der Waals surface area contributed by atoms with Crippen molar-refractivity contribution in [3.63, 3.8) is 0 Å². The zero-order chi connectivity index (χ0) is 18.7. The second-order valence-electron chi connectivity index (χ2n) is 5.92. The fourth-order valence-electron chi connectivity index (χ4n) is 2.31. The third-order valence-corrected chi connectivity index (χ3v) is 4.22. The molecule has 10 heteroatoms. The molecule has 0 saturated heterocycles. The summed E-state index contributed by atoms with van der Waals surface area (Å²) in [6.07, 6.45) is 2.79. The number of aryl methyl sites for hydroxylation is 1. The van der Waals surface area contributed by atoms with Crippen molar-refractivity contribution in [1.29, 1.82) is 0 Å². The van der Waals surface area contributed by atoms with Crippen LogP contribution in [0.1, 0.15) is 12.8 Å². The Balaban J connectivity index is 1.53. The standard InChI is InChI=1S/C16H17ClN4O5/c1-21-13(11-4-3-10(17)7-18-11)19-15(20-21)25-8-12(22)26-9-16(5-6-16)14(23)24-2/h3-4,7H,5-6,8-9H2,1-2H3. The van der Waals surface area contributed by atoms with Crippen molar-refractivity contribution in [3.05, 3.63) is 23.4 Å². The molecule has 1 fully saturated rings. The van der Waals surface area contributed by atoms with E-state index in [0.29, 0.717) is 29.4 Å². The first-order valence-electron chi connectivity index (χ1n) is 7.83. The molecule has 26 heavy (non-hydrogen) atoms. The molecule has 2 heterocycles. The van der Waals surface area contributed by atoms with Crippen LogP contribution in [0.4, 0.5) is 0 Å². The lowest BCUT2D eigenvalue weighted by molar-refractivity contribution is -0.156. The summed E-state index contributed by atoms with van der Waals surface area (Å²) in [7, 11) is 2.99. The Kier molecular flexibility index (Phi) is 5.08. The second-order valence-corrected chi connectivity index (χ2v) is 6.36. The summed E-state index contributed by atoms with van der Waals surface area (Å²) in [5.74, 6) is -0.510. The SMILES string of the molecule is COC(=O)C1(COC(=O)COc2nc(-c3ccc(Cl)cn3)n(C)n2)CC1. The predicted molar refractivity (Wildman–Crippen MR) is 89.4 cm³/mol. The number of nitrogens with zero attached hydrogens (tertiary/aromatic N) is 4. The second kappa shape index (κ2) is 7.28. The Morgan fingerprint density at radius 2 is 2.12 bits per heavy atom. The molecule has 0 atom stereocenters. The normalized spacial score (nSPS) is 14.6. The highest BCUT2D eigenvalue weighted by Gasteiger charge is 2.52. The summed E-state index contributed by atoms with van der Waals surface area (Å²) in [6, 6.07) is 3.41. The molecule has 138 valence electrons. The molecule has 0 unspecified atom stereocenters. The predicted octanol–water partition coefficient (Wildman–Crippen LogP) is 1.41. The van der Waals surface area contributed by atoms with Crippen molar-refractivity contribution in [1.82, 2.24) is 19.7 Å². The van der Waals surface area contributed by atoms with E-state index >= 15 is 0 Å². The van der Waals surface area contributed by atoms with Gasteiger partial charge in [0.05, 0.1) is 12.1 Å². The highest BCUT2D eigenvalue weighted by atomic mass is 35.5. The number of hydrogen-bond acceptors (Lipinski definition) is 8. The molecule has 0 amide bonds. The highest BCUT2D eigenvalue weighted by Crippen LogP contribution is 2.46. The number of ether oxygens (including phenoxy) is 3. The van der Waals surface area contributed by atoms with Crippen molar-refractivity contribution in [2.75, 3.05) is 20.3 Å². The fourth-order valence-corrected chi connectivity index (χ4v) is 2.42. The molecule has 1 aliphatic rings. The molecule has 1 saturated carbocycles. The summed E-state index contributed by atoms with van der Waals surface area (Å²) < 4.78 is 16.5. The molecular weight excluding hydrogens is 364 g/mol. The maximum absolute atomic E-state index is 11.8. The van der Waals surface area contributed by atoms with Gasteiger partial charge in [0.1, 0.15) is 17.7 Å². The molecule has 1 aliphatic carbocycles. The van der Waals surface area contributed by atoms with E-state index in [9.17, 15) is 9.59 Å². The zero-order valence-corrected chi connectivity index (χ0v) is 15.0. The molecular formula is C16H17ClN4O5. The van der Waals surface area contributed by atoms with Crippen LogP contribution in [0.2, 0.25) is 5.02 Å². The quantitative estimate of drug-likeness (QED) is 0.664. The molecule has 0 N–H and O–H groups in total. The molecule has 0 bridgehead atoms. The Labute approximate surface area is 154 Å². The average molecular weight is 381 g/mol. The van der Waals surface area contributed by atoms with Crippen LogP contribution < -0.4 is 4.74 Å². The van der Waals surface area contributed by atoms with E-state index in [2.05, 4.69) is 15.1 Å². The number of methoxy groups -OCH3 is 1. The molecule has 2 aromatic rings. The Hall–Kier alpha value is -2.68. The van der Waals surface area contributed by atoms with E-state index in [1.165, 1.54) is 18.0 Å². The van der Waals surface area contributed by atoms with E-state index in [1.807, 2.05) is 0 Å². The highest BCUT2D eigenvalue weighted by molar-refractivity contribution is 6.30. The van der Waals surface area contributed by atoms with Crippen LogP contribution in [0.3, 0.4) is 0 Å². The van der Waals surface area contributed by atoms with Crippen LogP contribution in [0.25, 0.3) is 11.5 Å². The first kappa shape index (κ1) is 18.1.